The number of morpholine rings is 1. The summed E-state index contributed by atoms with van der Waals surface area (Å²) in [4.78, 5) is 0. The number of rotatable bonds is 4. The smallest absolute Gasteiger partial charge is 0.416 e. The standard InChI is InChI=1S/C18H17ClF3NO2/c19-15-9-12(17-10-23-7-8-24-17)5-6-16(15)25-11-13-3-1-2-4-14(13)18(20,21)22/h1-6,9,17,23H,7-8,10-11H2/t17-/m0/s1. The van der Waals surface area contributed by atoms with Gasteiger partial charge in [-0.3, -0.25) is 0 Å². The number of ether oxygens (including phenoxy) is 2. The van der Waals surface area contributed by atoms with Crippen molar-refractivity contribution in [2.24, 2.45) is 0 Å². The zero-order valence-corrected chi connectivity index (χ0v) is 14.0. The van der Waals surface area contributed by atoms with Gasteiger partial charge in [0.15, 0.2) is 0 Å². The lowest BCUT2D eigenvalue weighted by Gasteiger charge is -2.24. The third kappa shape index (κ3) is 4.45. The SMILES string of the molecule is FC(F)(F)c1ccccc1COc1ccc([C@@H]2CNCCO2)cc1Cl. The van der Waals surface area contributed by atoms with E-state index in [-0.39, 0.29) is 18.3 Å². The molecule has 0 saturated carbocycles. The number of benzene rings is 2. The maximum atomic E-state index is 13.0. The molecule has 3 rings (SSSR count). The highest BCUT2D eigenvalue weighted by Crippen LogP contribution is 2.34. The van der Waals surface area contributed by atoms with Crippen molar-refractivity contribution in [3.05, 3.63) is 64.2 Å². The van der Waals surface area contributed by atoms with Gasteiger partial charge in [0, 0.05) is 18.7 Å². The highest BCUT2D eigenvalue weighted by Gasteiger charge is 2.33. The van der Waals surface area contributed by atoms with Crippen LogP contribution in [0, 0.1) is 0 Å². The minimum absolute atomic E-state index is 0.0648. The molecule has 1 N–H and O–H groups in total. The van der Waals surface area contributed by atoms with Crippen LogP contribution in [0.4, 0.5) is 13.2 Å². The Morgan fingerprint density at radius 1 is 1.20 bits per heavy atom. The van der Waals surface area contributed by atoms with E-state index in [9.17, 15) is 13.2 Å². The van der Waals surface area contributed by atoms with E-state index in [1.54, 1.807) is 18.2 Å². The summed E-state index contributed by atoms with van der Waals surface area (Å²) in [7, 11) is 0. The van der Waals surface area contributed by atoms with E-state index in [2.05, 4.69) is 5.32 Å². The average molecular weight is 372 g/mol. The van der Waals surface area contributed by atoms with Crippen LogP contribution in [0.25, 0.3) is 0 Å². The van der Waals surface area contributed by atoms with E-state index in [0.717, 1.165) is 18.2 Å². The van der Waals surface area contributed by atoms with Crippen LogP contribution in [-0.4, -0.2) is 19.7 Å². The second-order valence-electron chi connectivity index (χ2n) is 5.70. The van der Waals surface area contributed by atoms with Crippen LogP contribution in [0.2, 0.25) is 5.02 Å². The van der Waals surface area contributed by atoms with E-state index < -0.39 is 11.7 Å². The molecular formula is C18H17ClF3NO2. The van der Waals surface area contributed by atoms with Crippen molar-refractivity contribution in [3.63, 3.8) is 0 Å². The Hall–Kier alpha value is -1.76. The molecule has 1 saturated heterocycles. The van der Waals surface area contributed by atoms with Crippen LogP contribution in [-0.2, 0) is 17.5 Å². The van der Waals surface area contributed by atoms with Crippen molar-refractivity contribution in [1.29, 1.82) is 0 Å². The molecule has 0 radical (unpaired) electrons. The number of halogens is 4. The van der Waals surface area contributed by atoms with Gasteiger partial charge in [-0.2, -0.15) is 13.2 Å². The molecule has 1 aliphatic rings. The zero-order valence-electron chi connectivity index (χ0n) is 13.3. The van der Waals surface area contributed by atoms with Gasteiger partial charge in [0.2, 0.25) is 0 Å². The van der Waals surface area contributed by atoms with Crippen molar-refractivity contribution in [2.75, 3.05) is 19.7 Å². The van der Waals surface area contributed by atoms with Crippen molar-refractivity contribution >= 4 is 11.6 Å². The van der Waals surface area contributed by atoms with Gasteiger partial charge in [-0.05, 0) is 23.8 Å². The third-order valence-corrected chi connectivity index (χ3v) is 4.26. The Morgan fingerprint density at radius 2 is 2.00 bits per heavy atom. The Balaban J connectivity index is 1.72. The molecular weight excluding hydrogens is 355 g/mol. The molecule has 1 heterocycles. The van der Waals surface area contributed by atoms with Crippen molar-refractivity contribution in [1.82, 2.24) is 5.32 Å². The quantitative estimate of drug-likeness (QED) is 0.852. The first-order valence-electron chi connectivity index (χ1n) is 7.85. The largest absolute Gasteiger partial charge is 0.487 e. The van der Waals surface area contributed by atoms with E-state index in [0.29, 0.717) is 23.9 Å². The van der Waals surface area contributed by atoms with Gasteiger partial charge in [0.25, 0.3) is 0 Å². The van der Waals surface area contributed by atoms with Gasteiger partial charge in [0.05, 0.1) is 23.3 Å². The third-order valence-electron chi connectivity index (χ3n) is 3.96. The summed E-state index contributed by atoms with van der Waals surface area (Å²) in [6.07, 6.45) is -4.51. The second kappa shape index (κ2) is 7.64. The second-order valence-corrected chi connectivity index (χ2v) is 6.10. The summed E-state index contributed by atoms with van der Waals surface area (Å²) in [6, 6.07) is 10.5. The van der Waals surface area contributed by atoms with E-state index in [4.69, 9.17) is 21.1 Å². The average Bonchev–Trinajstić information content (AvgIpc) is 2.61. The van der Waals surface area contributed by atoms with Gasteiger partial charge in [-0.1, -0.05) is 35.9 Å². The van der Waals surface area contributed by atoms with Gasteiger partial charge in [-0.15, -0.1) is 0 Å². The Labute approximate surface area is 148 Å². The van der Waals surface area contributed by atoms with Crippen LogP contribution < -0.4 is 10.1 Å². The first kappa shape index (κ1) is 18.0. The lowest BCUT2D eigenvalue weighted by molar-refractivity contribution is -0.138. The predicted molar refractivity (Wildman–Crippen MR) is 88.8 cm³/mol. The lowest BCUT2D eigenvalue weighted by atomic mass is 10.1. The summed E-state index contributed by atoms with van der Waals surface area (Å²) in [5.74, 6) is 0.339. The molecule has 1 atom stereocenters. The van der Waals surface area contributed by atoms with Crippen molar-refractivity contribution in [2.45, 2.75) is 18.9 Å². The fourth-order valence-electron chi connectivity index (χ4n) is 2.69. The van der Waals surface area contributed by atoms with E-state index in [1.165, 1.54) is 12.1 Å². The molecule has 2 aromatic carbocycles. The predicted octanol–water partition coefficient (Wildman–Crippen LogP) is 4.60. The molecule has 0 bridgehead atoms. The molecule has 0 amide bonds. The topological polar surface area (TPSA) is 30.5 Å². The molecule has 25 heavy (non-hydrogen) atoms. The summed E-state index contributed by atoms with van der Waals surface area (Å²) in [5, 5.41) is 3.57. The summed E-state index contributed by atoms with van der Waals surface area (Å²) < 4.78 is 50.2. The number of hydrogen-bond acceptors (Lipinski definition) is 3. The van der Waals surface area contributed by atoms with Gasteiger partial charge in [0.1, 0.15) is 12.4 Å². The Kier molecular flexibility index (Phi) is 5.51. The Bertz CT molecular complexity index is 731. The highest BCUT2D eigenvalue weighted by molar-refractivity contribution is 6.32. The number of nitrogens with one attached hydrogen (secondary N) is 1. The van der Waals surface area contributed by atoms with Crippen molar-refractivity contribution in [3.8, 4) is 5.75 Å². The van der Waals surface area contributed by atoms with Crippen LogP contribution in [0.15, 0.2) is 42.5 Å². The van der Waals surface area contributed by atoms with Gasteiger partial charge in [-0.25, -0.2) is 0 Å². The minimum atomic E-state index is -4.42. The summed E-state index contributed by atoms with van der Waals surface area (Å²) >= 11 is 6.22. The highest BCUT2D eigenvalue weighted by atomic mass is 35.5. The lowest BCUT2D eigenvalue weighted by Crippen LogP contribution is -2.33. The van der Waals surface area contributed by atoms with Gasteiger partial charge >= 0.3 is 6.18 Å². The molecule has 0 aliphatic carbocycles. The van der Waals surface area contributed by atoms with Crippen LogP contribution in [0.5, 0.6) is 5.75 Å². The molecule has 1 fully saturated rings. The molecule has 3 nitrogen and oxygen atoms in total. The van der Waals surface area contributed by atoms with E-state index >= 15 is 0 Å². The van der Waals surface area contributed by atoms with Crippen molar-refractivity contribution < 1.29 is 22.6 Å². The molecule has 7 heteroatoms. The zero-order chi connectivity index (χ0) is 17.9. The van der Waals surface area contributed by atoms with Crippen LogP contribution in [0.1, 0.15) is 22.8 Å². The first-order valence-corrected chi connectivity index (χ1v) is 8.22. The summed E-state index contributed by atoms with van der Waals surface area (Å²) in [6.45, 7) is 1.91. The fourth-order valence-corrected chi connectivity index (χ4v) is 2.94. The van der Waals surface area contributed by atoms with Crippen LogP contribution in [0.3, 0.4) is 0 Å². The monoisotopic (exact) mass is 371 g/mol. The Morgan fingerprint density at radius 3 is 2.68 bits per heavy atom. The molecule has 0 aromatic heterocycles. The molecule has 0 unspecified atom stereocenters. The first-order chi connectivity index (χ1) is 11.9. The fraction of sp³-hybridized carbons (Fsp3) is 0.333. The maximum absolute atomic E-state index is 13.0. The normalized spacial score (nSPS) is 18.2. The maximum Gasteiger partial charge on any atom is 0.416 e. The minimum Gasteiger partial charge on any atom is -0.487 e. The number of alkyl halides is 3. The van der Waals surface area contributed by atoms with Crippen LogP contribution >= 0.6 is 11.6 Å². The molecule has 1 aliphatic heterocycles. The number of hydrogen-bond donors (Lipinski definition) is 1. The molecule has 2 aromatic rings. The molecule has 134 valence electrons. The molecule has 0 spiro atoms. The van der Waals surface area contributed by atoms with Gasteiger partial charge < -0.3 is 14.8 Å². The summed E-state index contributed by atoms with van der Waals surface area (Å²) in [5.41, 5.74) is 0.264. The van der Waals surface area contributed by atoms with E-state index in [1.807, 2.05) is 6.07 Å².